The van der Waals surface area contributed by atoms with E-state index in [0.717, 1.165) is 17.6 Å². The molecule has 22 heavy (non-hydrogen) atoms. The highest BCUT2D eigenvalue weighted by molar-refractivity contribution is 5.97. The molecule has 0 N–H and O–H groups in total. The Hall–Kier alpha value is -2.61. The Bertz CT molecular complexity index is 934. The van der Waals surface area contributed by atoms with Crippen LogP contribution in [0.1, 0.15) is 18.2 Å². The van der Waals surface area contributed by atoms with E-state index in [1.54, 1.807) is 0 Å². The van der Waals surface area contributed by atoms with Gasteiger partial charge in [-0.15, -0.1) is 0 Å². The van der Waals surface area contributed by atoms with Crippen molar-refractivity contribution in [2.45, 2.75) is 20.3 Å². The SMILES string of the molecule is CCc1c2nc3ccccc3c-2ccn1-c1ccccc1C. The molecular formula is C20H18N2. The normalized spacial score (nSPS) is 11.4. The lowest BCUT2D eigenvalue weighted by Gasteiger charge is -2.17. The van der Waals surface area contributed by atoms with Gasteiger partial charge in [0.2, 0.25) is 0 Å². The van der Waals surface area contributed by atoms with E-state index in [-0.39, 0.29) is 0 Å². The van der Waals surface area contributed by atoms with Crippen LogP contribution in [-0.4, -0.2) is 9.55 Å². The number of benzene rings is 2. The summed E-state index contributed by atoms with van der Waals surface area (Å²) < 4.78 is 2.28. The van der Waals surface area contributed by atoms with E-state index in [1.165, 1.54) is 27.9 Å². The first-order valence-electron chi connectivity index (χ1n) is 7.74. The smallest absolute Gasteiger partial charge is 0.0914 e. The van der Waals surface area contributed by atoms with Crippen molar-refractivity contribution >= 4 is 10.9 Å². The molecule has 2 nitrogen and oxygen atoms in total. The largest absolute Gasteiger partial charge is 0.318 e. The first-order chi connectivity index (χ1) is 10.8. The van der Waals surface area contributed by atoms with Crippen molar-refractivity contribution < 1.29 is 0 Å². The van der Waals surface area contributed by atoms with Crippen molar-refractivity contribution in [1.82, 2.24) is 9.55 Å². The number of nitrogens with zero attached hydrogens (tertiary/aromatic N) is 2. The van der Waals surface area contributed by atoms with Gasteiger partial charge in [0.05, 0.1) is 11.2 Å². The molecule has 4 rings (SSSR count). The van der Waals surface area contributed by atoms with Crippen LogP contribution in [0.3, 0.4) is 0 Å². The average Bonchev–Trinajstić information content (AvgIpc) is 2.93. The lowest BCUT2D eigenvalue weighted by molar-refractivity contribution is 0.899. The maximum Gasteiger partial charge on any atom is 0.0914 e. The number of aryl methyl sites for hydroxylation is 1. The highest BCUT2D eigenvalue weighted by Crippen LogP contribution is 2.34. The summed E-state index contributed by atoms with van der Waals surface area (Å²) in [7, 11) is 0. The van der Waals surface area contributed by atoms with E-state index in [9.17, 15) is 0 Å². The average molecular weight is 286 g/mol. The van der Waals surface area contributed by atoms with Crippen LogP contribution < -0.4 is 0 Å². The number of rotatable bonds is 2. The number of fused-ring (bicyclic) bond motifs is 3. The van der Waals surface area contributed by atoms with E-state index >= 15 is 0 Å². The zero-order chi connectivity index (χ0) is 15.1. The van der Waals surface area contributed by atoms with Gasteiger partial charge in [0.1, 0.15) is 0 Å². The molecule has 0 saturated carbocycles. The van der Waals surface area contributed by atoms with Crippen molar-refractivity contribution in [1.29, 1.82) is 0 Å². The molecule has 0 amide bonds. The van der Waals surface area contributed by atoms with E-state index in [2.05, 4.69) is 79.2 Å². The highest BCUT2D eigenvalue weighted by atomic mass is 15.0. The third-order valence-corrected chi connectivity index (χ3v) is 4.35. The van der Waals surface area contributed by atoms with Crippen LogP contribution in [0.2, 0.25) is 0 Å². The van der Waals surface area contributed by atoms with Gasteiger partial charge in [-0.3, -0.25) is 0 Å². The molecule has 0 bridgehead atoms. The molecular weight excluding hydrogens is 268 g/mol. The fraction of sp³-hybridized carbons (Fsp3) is 0.150. The monoisotopic (exact) mass is 286 g/mol. The fourth-order valence-corrected chi connectivity index (χ4v) is 3.25. The minimum atomic E-state index is 0.953. The standard InChI is InChI=1S/C20H18N2/c1-3-18-20-16(15-9-5-6-10-17(15)21-20)12-13-22(18)19-11-7-4-8-14(19)2/h4-13H,3H2,1-2H3. The van der Waals surface area contributed by atoms with Gasteiger partial charge >= 0.3 is 0 Å². The Morgan fingerprint density at radius 1 is 0.955 bits per heavy atom. The number of para-hydroxylation sites is 2. The lowest BCUT2D eigenvalue weighted by Crippen LogP contribution is -2.06. The summed E-state index contributed by atoms with van der Waals surface area (Å²) in [5, 5.41) is 1.24. The van der Waals surface area contributed by atoms with Gasteiger partial charge in [0.25, 0.3) is 0 Å². The van der Waals surface area contributed by atoms with Gasteiger partial charge < -0.3 is 4.57 Å². The van der Waals surface area contributed by atoms with Crippen LogP contribution in [0.4, 0.5) is 0 Å². The predicted octanol–water partition coefficient (Wildman–Crippen LogP) is 5.00. The second kappa shape index (κ2) is 4.99. The maximum absolute atomic E-state index is 4.88. The molecule has 2 aromatic carbocycles. The molecule has 0 spiro atoms. The molecule has 2 aromatic rings. The van der Waals surface area contributed by atoms with Gasteiger partial charge in [-0.1, -0.05) is 43.3 Å². The summed E-state index contributed by atoms with van der Waals surface area (Å²) in [6.45, 7) is 4.35. The first-order valence-corrected chi connectivity index (χ1v) is 7.74. The molecule has 108 valence electrons. The summed E-state index contributed by atoms with van der Waals surface area (Å²) >= 11 is 0. The van der Waals surface area contributed by atoms with E-state index in [1.807, 2.05) is 0 Å². The summed E-state index contributed by atoms with van der Waals surface area (Å²) in [4.78, 5) is 4.88. The number of hydrogen-bond acceptors (Lipinski definition) is 1. The van der Waals surface area contributed by atoms with E-state index in [0.29, 0.717) is 0 Å². The molecule has 0 radical (unpaired) electrons. The summed E-state index contributed by atoms with van der Waals surface area (Å²) in [5.74, 6) is 0. The molecule has 2 heterocycles. The summed E-state index contributed by atoms with van der Waals surface area (Å²) in [6.07, 6.45) is 3.13. The fourth-order valence-electron chi connectivity index (χ4n) is 3.25. The van der Waals surface area contributed by atoms with Gasteiger partial charge in [-0.2, -0.15) is 0 Å². The molecule has 0 aromatic heterocycles. The minimum Gasteiger partial charge on any atom is -0.318 e. The number of hydrogen-bond donors (Lipinski definition) is 0. The Morgan fingerprint density at radius 3 is 2.55 bits per heavy atom. The summed E-state index contributed by atoms with van der Waals surface area (Å²) in [5.41, 5.74) is 7.22. The molecule has 0 unspecified atom stereocenters. The van der Waals surface area contributed by atoms with Crippen LogP contribution in [0.5, 0.6) is 0 Å². The van der Waals surface area contributed by atoms with Crippen LogP contribution >= 0.6 is 0 Å². The Labute approximate surface area is 130 Å². The van der Waals surface area contributed by atoms with E-state index in [4.69, 9.17) is 4.98 Å². The lowest BCUT2D eigenvalue weighted by atomic mass is 10.0. The third-order valence-electron chi connectivity index (χ3n) is 4.35. The Morgan fingerprint density at radius 2 is 1.73 bits per heavy atom. The second-order valence-corrected chi connectivity index (χ2v) is 5.66. The molecule has 0 saturated heterocycles. The van der Waals surface area contributed by atoms with Crippen molar-refractivity contribution in [3.05, 3.63) is 72.1 Å². The van der Waals surface area contributed by atoms with Crippen molar-refractivity contribution in [2.24, 2.45) is 0 Å². The predicted molar refractivity (Wildman–Crippen MR) is 91.8 cm³/mol. The van der Waals surface area contributed by atoms with E-state index < -0.39 is 0 Å². The first kappa shape index (κ1) is 13.1. The molecule has 2 heteroatoms. The molecule has 0 fully saturated rings. The third kappa shape index (κ3) is 1.84. The second-order valence-electron chi connectivity index (χ2n) is 5.66. The van der Waals surface area contributed by atoms with Gasteiger partial charge in [-0.25, -0.2) is 4.98 Å². The maximum atomic E-state index is 4.88. The zero-order valence-electron chi connectivity index (χ0n) is 12.9. The van der Waals surface area contributed by atoms with Gasteiger partial charge in [0.15, 0.2) is 0 Å². The molecule has 0 atom stereocenters. The summed E-state index contributed by atoms with van der Waals surface area (Å²) in [6, 6.07) is 19.1. The van der Waals surface area contributed by atoms with Crippen molar-refractivity contribution in [2.75, 3.05) is 0 Å². The molecule has 0 aliphatic carbocycles. The quantitative estimate of drug-likeness (QED) is 0.507. The van der Waals surface area contributed by atoms with Crippen LogP contribution in [-0.2, 0) is 6.42 Å². The zero-order valence-corrected chi connectivity index (χ0v) is 12.9. The Balaban J connectivity index is 2.07. The van der Waals surface area contributed by atoms with Gasteiger partial charge in [0, 0.05) is 28.5 Å². The minimum absolute atomic E-state index is 0.953. The molecule has 2 aliphatic rings. The topological polar surface area (TPSA) is 17.8 Å². The van der Waals surface area contributed by atoms with Crippen molar-refractivity contribution in [3.63, 3.8) is 0 Å². The van der Waals surface area contributed by atoms with Crippen LogP contribution in [0.25, 0.3) is 27.8 Å². The van der Waals surface area contributed by atoms with Gasteiger partial charge in [-0.05, 0) is 37.1 Å². The van der Waals surface area contributed by atoms with Crippen molar-refractivity contribution in [3.8, 4) is 16.9 Å². The van der Waals surface area contributed by atoms with Crippen LogP contribution in [0.15, 0.2) is 60.8 Å². The Kier molecular flexibility index (Phi) is 2.97. The number of aromatic nitrogens is 2. The highest BCUT2D eigenvalue weighted by Gasteiger charge is 2.18. The van der Waals surface area contributed by atoms with Crippen LogP contribution in [0, 0.1) is 6.92 Å². The molecule has 2 aliphatic heterocycles. The number of pyridine rings is 1.